The molecule has 33 heavy (non-hydrogen) atoms. The minimum absolute atomic E-state index is 0.0159. The topological polar surface area (TPSA) is 70.1 Å². The van der Waals surface area contributed by atoms with Crippen LogP contribution in [0.15, 0.2) is 11.6 Å². The fourth-order valence-electron chi connectivity index (χ4n) is 9.58. The predicted octanol–water partition coefficient (Wildman–Crippen LogP) is 5.70. The fourth-order valence-corrected chi connectivity index (χ4v) is 9.58. The second-order valence-corrected chi connectivity index (χ2v) is 13.1. The van der Waals surface area contributed by atoms with E-state index >= 15 is 0 Å². The number of hydrogen-bond acceptors (Lipinski definition) is 4. The largest absolute Gasteiger partial charge is 0.396 e. The number of epoxide rings is 1. The molecule has 3 saturated carbocycles. The molecule has 0 aromatic carbocycles. The molecule has 4 heteroatoms. The van der Waals surface area contributed by atoms with Crippen molar-refractivity contribution >= 4 is 5.78 Å². The molecule has 4 aliphatic rings. The van der Waals surface area contributed by atoms with Crippen molar-refractivity contribution in [3.8, 4) is 0 Å². The molecule has 0 bridgehead atoms. The van der Waals surface area contributed by atoms with Gasteiger partial charge < -0.3 is 14.9 Å². The van der Waals surface area contributed by atoms with Crippen molar-refractivity contribution in [3.63, 3.8) is 0 Å². The molecule has 4 rings (SSSR count). The molecular formula is C29H48O4. The van der Waals surface area contributed by atoms with Gasteiger partial charge in [-0.1, -0.05) is 39.3 Å². The van der Waals surface area contributed by atoms with Crippen LogP contribution in [0.1, 0.15) is 99.8 Å². The SMILES string of the molecule is CC(=O)[C@@]12O[C@@H]1C[C@@H]1[C@@](C)(C[C@H](O)[C@]3(C)[C@@H]([C@H](C)CCC=C(C)C)CC[C@@]13C)[C@@H]2CCCO. The van der Waals surface area contributed by atoms with E-state index in [1.165, 1.54) is 18.4 Å². The Kier molecular flexibility index (Phi) is 6.50. The van der Waals surface area contributed by atoms with Crippen molar-refractivity contribution in [2.45, 2.75) is 118 Å². The Morgan fingerprint density at radius 3 is 2.52 bits per heavy atom. The highest BCUT2D eigenvalue weighted by atomic mass is 16.6. The monoisotopic (exact) mass is 460 g/mol. The van der Waals surface area contributed by atoms with Gasteiger partial charge in [0.1, 0.15) is 0 Å². The molecule has 1 saturated heterocycles. The molecule has 0 spiro atoms. The third kappa shape index (κ3) is 3.44. The van der Waals surface area contributed by atoms with Crippen molar-refractivity contribution in [3.05, 3.63) is 11.6 Å². The predicted molar refractivity (Wildman–Crippen MR) is 132 cm³/mol. The molecule has 10 atom stereocenters. The lowest BCUT2D eigenvalue weighted by Gasteiger charge is -2.66. The van der Waals surface area contributed by atoms with Gasteiger partial charge in [0.2, 0.25) is 0 Å². The first-order valence-electron chi connectivity index (χ1n) is 13.5. The van der Waals surface area contributed by atoms with Crippen LogP contribution in [0.4, 0.5) is 0 Å². The van der Waals surface area contributed by atoms with Crippen LogP contribution in [0.2, 0.25) is 0 Å². The summed E-state index contributed by atoms with van der Waals surface area (Å²) in [6, 6.07) is 0. The molecule has 0 aromatic heterocycles. The van der Waals surface area contributed by atoms with E-state index in [4.69, 9.17) is 4.74 Å². The van der Waals surface area contributed by atoms with Crippen LogP contribution in [-0.2, 0) is 9.53 Å². The van der Waals surface area contributed by atoms with Gasteiger partial charge in [0.05, 0.1) is 12.2 Å². The number of carbonyl (C=O) groups is 1. The molecule has 3 aliphatic carbocycles. The van der Waals surface area contributed by atoms with Gasteiger partial charge in [0, 0.05) is 17.9 Å². The van der Waals surface area contributed by atoms with Gasteiger partial charge in [-0.15, -0.1) is 0 Å². The van der Waals surface area contributed by atoms with Gasteiger partial charge in [-0.3, -0.25) is 4.79 Å². The molecule has 0 unspecified atom stereocenters. The minimum atomic E-state index is -0.681. The molecule has 188 valence electrons. The fraction of sp³-hybridized carbons (Fsp3) is 0.897. The lowest BCUT2D eigenvalue weighted by molar-refractivity contribution is -0.213. The summed E-state index contributed by atoms with van der Waals surface area (Å²) in [7, 11) is 0. The highest BCUT2D eigenvalue weighted by molar-refractivity contribution is 5.89. The second-order valence-electron chi connectivity index (χ2n) is 13.1. The van der Waals surface area contributed by atoms with Crippen molar-refractivity contribution in [1.29, 1.82) is 0 Å². The first-order valence-corrected chi connectivity index (χ1v) is 13.5. The first kappa shape index (κ1) is 25.4. The summed E-state index contributed by atoms with van der Waals surface area (Å²) in [5.74, 6) is 1.73. The van der Waals surface area contributed by atoms with Gasteiger partial charge in [0.15, 0.2) is 11.4 Å². The highest BCUT2D eigenvalue weighted by Crippen LogP contribution is 2.77. The molecule has 0 aromatic rings. The summed E-state index contributed by atoms with van der Waals surface area (Å²) in [5, 5.41) is 21.5. The van der Waals surface area contributed by atoms with Crippen molar-refractivity contribution in [2.75, 3.05) is 6.61 Å². The average Bonchev–Trinajstić information content (AvgIpc) is 3.39. The molecule has 0 radical (unpaired) electrons. The standard InChI is InChI=1S/C29H48O4/c1-18(2)10-8-11-19(3)21-13-14-27(6)23-16-25-29(33-25,20(4)31)22(12-9-15-30)26(23,5)17-24(32)28(21,27)7/h10,19,21-25,30,32H,8-9,11-17H2,1-7H3/t19-,21-,22+,23-,24+,25-,26+,27+,28+,29+/m1/s1. The Hall–Kier alpha value is -0.710. The maximum absolute atomic E-state index is 12.8. The zero-order valence-electron chi connectivity index (χ0n) is 22.1. The van der Waals surface area contributed by atoms with Gasteiger partial charge >= 0.3 is 0 Å². The third-order valence-electron chi connectivity index (χ3n) is 11.5. The number of ketones is 1. The Bertz CT molecular complexity index is 801. The van der Waals surface area contributed by atoms with Crippen molar-refractivity contribution in [2.24, 2.45) is 39.9 Å². The number of ether oxygens (including phenoxy) is 1. The number of rotatable bonds is 8. The van der Waals surface area contributed by atoms with E-state index in [1.807, 2.05) is 0 Å². The number of Topliss-reactive ketones (excluding diaryl/α,β-unsaturated/α-hetero) is 1. The maximum atomic E-state index is 12.8. The normalized spacial score (nSPS) is 48.9. The third-order valence-corrected chi connectivity index (χ3v) is 11.5. The smallest absolute Gasteiger partial charge is 0.164 e. The Morgan fingerprint density at radius 1 is 1.21 bits per heavy atom. The molecule has 2 N–H and O–H groups in total. The van der Waals surface area contributed by atoms with E-state index in [0.717, 1.165) is 32.1 Å². The number of carbonyl (C=O) groups excluding carboxylic acids is 1. The zero-order chi connectivity index (χ0) is 24.4. The van der Waals surface area contributed by atoms with E-state index in [2.05, 4.69) is 47.6 Å². The van der Waals surface area contributed by atoms with E-state index in [9.17, 15) is 15.0 Å². The molecule has 0 amide bonds. The number of allylic oxidation sites excluding steroid dienone is 2. The lowest BCUT2D eigenvalue weighted by atomic mass is 9.38. The van der Waals surface area contributed by atoms with Crippen molar-refractivity contribution < 1.29 is 19.7 Å². The number of hydrogen-bond donors (Lipinski definition) is 2. The van der Waals surface area contributed by atoms with Crippen LogP contribution < -0.4 is 0 Å². The van der Waals surface area contributed by atoms with Crippen LogP contribution in [0.5, 0.6) is 0 Å². The van der Waals surface area contributed by atoms with E-state index in [0.29, 0.717) is 24.2 Å². The minimum Gasteiger partial charge on any atom is -0.396 e. The molecule has 4 nitrogen and oxygen atoms in total. The van der Waals surface area contributed by atoms with Crippen LogP contribution in [0.25, 0.3) is 0 Å². The maximum Gasteiger partial charge on any atom is 0.164 e. The van der Waals surface area contributed by atoms with Gasteiger partial charge in [-0.05, 0) is 101 Å². The van der Waals surface area contributed by atoms with E-state index < -0.39 is 5.60 Å². The summed E-state index contributed by atoms with van der Waals surface area (Å²) in [6.07, 6.45) is 9.75. The Morgan fingerprint density at radius 2 is 1.91 bits per heavy atom. The Balaban J connectivity index is 1.68. The summed E-state index contributed by atoms with van der Waals surface area (Å²) >= 11 is 0. The number of aliphatic hydroxyl groups excluding tert-OH is 2. The van der Waals surface area contributed by atoms with Crippen LogP contribution in [0.3, 0.4) is 0 Å². The van der Waals surface area contributed by atoms with Crippen LogP contribution in [0, 0.1) is 39.9 Å². The summed E-state index contributed by atoms with van der Waals surface area (Å²) in [6.45, 7) is 15.7. The van der Waals surface area contributed by atoms with Gasteiger partial charge in [-0.2, -0.15) is 0 Å². The van der Waals surface area contributed by atoms with E-state index in [1.54, 1.807) is 6.92 Å². The van der Waals surface area contributed by atoms with Crippen LogP contribution in [-0.4, -0.2) is 40.4 Å². The van der Waals surface area contributed by atoms with Gasteiger partial charge in [0.25, 0.3) is 0 Å². The summed E-state index contributed by atoms with van der Waals surface area (Å²) < 4.78 is 6.29. The lowest BCUT2D eigenvalue weighted by Crippen LogP contribution is -2.66. The zero-order valence-corrected chi connectivity index (χ0v) is 22.1. The Labute approximate surface area is 201 Å². The van der Waals surface area contributed by atoms with Gasteiger partial charge in [-0.25, -0.2) is 0 Å². The molecular weight excluding hydrogens is 412 g/mol. The summed E-state index contributed by atoms with van der Waals surface area (Å²) in [4.78, 5) is 12.8. The van der Waals surface area contributed by atoms with E-state index in [-0.39, 0.29) is 46.8 Å². The second kappa shape index (κ2) is 8.45. The first-order chi connectivity index (χ1) is 15.4. The van der Waals surface area contributed by atoms with Crippen LogP contribution >= 0.6 is 0 Å². The molecule has 1 aliphatic heterocycles. The molecule has 4 fully saturated rings. The quantitative estimate of drug-likeness (QED) is 0.360. The molecule has 1 heterocycles. The summed E-state index contributed by atoms with van der Waals surface area (Å²) in [5.41, 5.74) is 0.462. The number of aliphatic hydroxyl groups is 2. The highest BCUT2D eigenvalue weighted by Gasteiger charge is 2.79. The number of fused-ring (bicyclic) bond motifs is 4. The van der Waals surface area contributed by atoms with Crippen molar-refractivity contribution in [1.82, 2.24) is 0 Å². The average molecular weight is 461 g/mol.